The van der Waals surface area contributed by atoms with Gasteiger partial charge in [-0.3, -0.25) is 9.52 Å². The number of carbonyl (C=O) groups excluding carboxylic acids is 1. The number of ether oxygens (including phenoxy) is 3. The maximum atomic E-state index is 11.8. The predicted octanol–water partition coefficient (Wildman–Crippen LogP) is 2.78. The number of hydroxylamine groups is 2. The molecule has 34 heavy (non-hydrogen) atoms. The molecule has 1 amide bonds. The fraction of sp³-hybridized carbons (Fsp3) is 0.550. The molecule has 13 nitrogen and oxygen atoms in total. The summed E-state index contributed by atoms with van der Waals surface area (Å²) in [6, 6.07) is 0. The second-order valence-electron chi connectivity index (χ2n) is 8.23. The van der Waals surface area contributed by atoms with Crippen molar-refractivity contribution in [1.29, 1.82) is 0 Å². The van der Waals surface area contributed by atoms with Crippen LogP contribution in [0.4, 0.5) is 16.3 Å². The van der Waals surface area contributed by atoms with Crippen molar-refractivity contribution in [3.8, 4) is 5.88 Å². The van der Waals surface area contributed by atoms with Gasteiger partial charge in [-0.15, -0.1) is 5.10 Å². The lowest BCUT2D eigenvalue weighted by Gasteiger charge is -2.23. The number of hydrogen-bond donors (Lipinski definition) is 1. The SMILES string of the molecule is COc1nn(CCOCCON(C)C(=O)OC(C)(C)C)cc1Nc1nc(Cl)nc2c1ncn2C. The monoisotopic (exact) mass is 496 g/mol. The third-order valence-electron chi connectivity index (χ3n) is 4.33. The number of methoxy groups -OCH3 is 1. The van der Waals surface area contributed by atoms with Gasteiger partial charge in [0.2, 0.25) is 5.28 Å². The number of nitrogens with zero attached hydrogens (tertiary/aromatic N) is 7. The van der Waals surface area contributed by atoms with Gasteiger partial charge in [-0.05, 0) is 32.4 Å². The minimum atomic E-state index is -0.590. The molecule has 0 fully saturated rings. The van der Waals surface area contributed by atoms with Crippen molar-refractivity contribution in [1.82, 2.24) is 34.4 Å². The number of aryl methyl sites for hydroxylation is 1. The highest BCUT2D eigenvalue weighted by molar-refractivity contribution is 6.28. The van der Waals surface area contributed by atoms with Crippen LogP contribution in [-0.4, -0.2) is 80.0 Å². The lowest BCUT2D eigenvalue weighted by Crippen LogP contribution is -2.35. The van der Waals surface area contributed by atoms with E-state index in [1.54, 1.807) is 42.5 Å². The summed E-state index contributed by atoms with van der Waals surface area (Å²) in [5.74, 6) is 0.817. The Labute approximate surface area is 201 Å². The van der Waals surface area contributed by atoms with Gasteiger partial charge in [-0.1, -0.05) is 0 Å². The Morgan fingerprint density at radius 2 is 2.00 bits per heavy atom. The Hall–Kier alpha value is -3.16. The number of imidazole rings is 1. The van der Waals surface area contributed by atoms with E-state index in [4.69, 9.17) is 30.6 Å². The Morgan fingerprint density at radius 1 is 1.24 bits per heavy atom. The van der Waals surface area contributed by atoms with Gasteiger partial charge in [0, 0.05) is 14.1 Å². The Balaban J connectivity index is 1.50. The lowest BCUT2D eigenvalue weighted by molar-refractivity contribution is -0.142. The summed E-state index contributed by atoms with van der Waals surface area (Å²) in [5, 5.41) is 8.69. The van der Waals surface area contributed by atoms with E-state index in [0.29, 0.717) is 41.7 Å². The smallest absolute Gasteiger partial charge is 0.434 e. The molecule has 0 bridgehead atoms. The van der Waals surface area contributed by atoms with E-state index in [-0.39, 0.29) is 18.5 Å². The molecule has 1 N–H and O–H groups in total. The highest BCUT2D eigenvalue weighted by Gasteiger charge is 2.20. The molecule has 0 atom stereocenters. The van der Waals surface area contributed by atoms with Gasteiger partial charge in [0.05, 0.1) is 46.0 Å². The van der Waals surface area contributed by atoms with E-state index >= 15 is 0 Å². The molecule has 3 heterocycles. The predicted molar refractivity (Wildman–Crippen MR) is 124 cm³/mol. The number of rotatable bonds is 10. The minimum absolute atomic E-state index is 0.0953. The van der Waals surface area contributed by atoms with Crippen LogP contribution in [0.25, 0.3) is 11.2 Å². The van der Waals surface area contributed by atoms with E-state index < -0.39 is 11.7 Å². The van der Waals surface area contributed by atoms with Gasteiger partial charge in [0.1, 0.15) is 11.3 Å². The molecule has 0 saturated heterocycles. The third kappa shape index (κ3) is 6.68. The summed E-state index contributed by atoms with van der Waals surface area (Å²) in [7, 11) is 4.83. The van der Waals surface area contributed by atoms with Crippen LogP contribution in [0.15, 0.2) is 12.5 Å². The van der Waals surface area contributed by atoms with E-state index in [2.05, 4.69) is 25.4 Å². The van der Waals surface area contributed by atoms with E-state index in [9.17, 15) is 4.79 Å². The molecule has 0 aliphatic rings. The molecule has 0 spiro atoms. The molecule has 0 radical (unpaired) electrons. The van der Waals surface area contributed by atoms with Gasteiger partial charge in [0.15, 0.2) is 17.0 Å². The summed E-state index contributed by atoms with van der Waals surface area (Å²) >= 11 is 6.06. The van der Waals surface area contributed by atoms with Crippen LogP contribution >= 0.6 is 11.6 Å². The summed E-state index contributed by atoms with van der Waals surface area (Å²) in [6.07, 6.45) is 2.83. The zero-order chi connectivity index (χ0) is 24.9. The van der Waals surface area contributed by atoms with Gasteiger partial charge < -0.3 is 24.1 Å². The number of anilines is 2. The molecule has 186 valence electrons. The zero-order valence-electron chi connectivity index (χ0n) is 20.0. The van der Waals surface area contributed by atoms with Gasteiger partial charge in [-0.25, -0.2) is 9.78 Å². The molecule has 3 aromatic heterocycles. The molecule has 3 aromatic rings. The quantitative estimate of drug-likeness (QED) is 0.254. The molecular formula is C20H29ClN8O5. The molecule has 0 unspecified atom stereocenters. The average Bonchev–Trinajstić information content (AvgIpc) is 3.32. The normalized spacial score (nSPS) is 11.6. The number of halogens is 1. The molecule has 0 saturated carbocycles. The van der Waals surface area contributed by atoms with Gasteiger partial charge in [0.25, 0.3) is 5.88 Å². The largest absolute Gasteiger partial charge is 0.478 e. The minimum Gasteiger partial charge on any atom is -0.478 e. The third-order valence-corrected chi connectivity index (χ3v) is 4.50. The van der Waals surface area contributed by atoms with Crippen molar-refractivity contribution in [3.05, 3.63) is 17.8 Å². The molecule has 0 aliphatic carbocycles. The van der Waals surface area contributed by atoms with E-state index in [1.807, 2.05) is 7.05 Å². The van der Waals surface area contributed by atoms with Crippen LogP contribution in [0.1, 0.15) is 20.8 Å². The van der Waals surface area contributed by atoms with Crippen molar-refractivity contribution in [2.45, 2.75) is 32.9 Å². The zero-order valence-corrected chi connectivity index (χ0v) is 20.8. The summed E-state index contributed by atoms with van der Waals surface area (Å²) in [4.78, 5) is 29.9. The standard InChI is InChI=1S/C20H29ClN8O5/c1-20(2,3)34-19(30)28(5)33-10-9-32-8-7-29-11-13(17(26-29)31-6)23-15-14-16(25-18(21)24-15)27(4)12-22-14/h11-12H,7-10H2,1-6H3,(H,23,24,25). The highest BCUT2D eigenvalue weighted by atomic mass is 35.5. The molecule has 14 heteroatoms. The van der Waals surface area contributed by atoms with Crippen molar-refractivity contribution >= 4 is 40.4 Å². The summed E-state index contributed by atoms with van der Waals surface area (Å²) in [6.45, 7) is 6.67. The first-order valence-electron chi connectivity index (χ1n) is 10.5. The number of carbonyl (C=O) groups is 1. The fourth-order valence-corrected chi connectivity index (χ4v) is 2.99. The first-order chi connectivity index (χ1) is 16.1. The first-order valence-corrected chi connectivity index (χ1v) is 10.9. The Bertz CT molecular complexity index is 1130. The van der Waals surface area contributed by atoms with Crippen LogP contribution in [0, 0.1) is 0 Å². The second-order valence-corrected chi connectivity index (χ2v) is 8.57. The van der Waals surface area contributed by atoms with Crippen molar-refractivity contribution in [3.63, 3.8) is 0 Å². The second kappa shape index (κ2) is 10.8. The first kappa shape index (κ1) is 25.5. The van der Waals surface area contributed by atoms with Crippen LogP contribution < -0.4 is 10.1 Å². The van der Waals surface area contributed by atoms with Gasteiger partial charge >= 0.3 is 6.09 Å². The molecule has 3 rings (SSSR count). The van der Waals surface area contributed by atoms with Crippen molar-refractivity contribution in [2.24, 2.45) is 7.05 Å². The van der Waals surface area contributed by atoms with Crippen LogP contribution in [-0.2, 0) is 27.9 Å². The van der Waals surface area contributed by atoms with E-state index in [1.165, 1.54) is 14.2 Å². The van der Waals surface area contributed by atoms with Crippen molar-refractivity contribution in [2.75, 3.05) is 39.3 Å². The maximum absolute atomic E-state index is 11.8. The lowest BCUT2D eigenvalue weighted by atomic mass is 10.2. The van der Waals surface area contributed by atoms with Crippen LogP contribution in [0.2, 0.25) is 5.28 Å². The fourth-order valence-electron chi connectivity index (χ4n) is 2.82. The summed E-state index contributed by atoms with van der Waals surface area (Å²) in [5.41, 5.74) is 1.17. The Kier molecular flexibility index (Phi) is 8.12. The number of nitrogens with one attached hydrogen (secondary N) is 1. The summed E-state index contributed by atoms with van der Waals surface area (Å²) < 4.78 is 19.6. The average molecular weight is 497 g/mol. The van der Waals surface area contributed by atoms with Crippen LogP contribution in [0.5, 0.6) is 5.88 Å². The Morgan fingerprint density at radius 3 is 2.71 bits per heavy atom. The van der Waals surface area contributed by atoms with Crippen molar-refractivity contribution < 1.29 is 23.8 Å². The van der Waals surface area contributed by atoms with Crippen LogP contribution in [0.3, 0.4) is 0 Å². The topological polar surface area (TPSA) is 131 Å². The highest BCUT2D eigenvalue weighted by Crippen LogP contribution is 2.29. The number of fused-ring (bicyclic) bond motifs is 1. The van der Waals surface area contributed by atoms with E-state index in [0.717, 1.165) is 5.06 Å². The van der Waals surface area contributed by atoms with Gasteiger partial charge in [-0.2, -0.15) is 15.0 Å². The molecular weight excluding hydrogens is 468 g/mol. The molecule has 0 aliphatic heterocycles. The number of aromatic nitrogens is 6. The molecule has 0 aromatic carbocycles. The maximum Gasteiger partial charge on any atom is 0.434 e. The number of hydrogen-bond acceptors (Lipinski definition) is 10. The number of amides is 1.